The first-order valence-electron chi connectivity index (χ1n) is 4.58. The first kappa shape index (κ1) is 10.0. The van der Waals surface area contributed by atoms with Crippen molar-refractivity contribution in [3.63, 3.8) is 0 Å². The minimum Gasteiger partial charge on any atom is -0.327 e. The van der Waals surface area contributed by atoms with Gasteiger partial charge in [0.25, 0.3) is 0 Å². The summed E-state index contributed by atoms with van der Waals surface area (Å²) in [5.41, 5.74) is 10.6. The number of hydrogen-bond donors (Lipinski definition) is 1. The molecule has 1 rings (SSSR count). The molecule has 0 saturated carbocycles. The van der Waals surface area contributed by atoms with Crippen LogP contribution in [-0.4, -0.2) is 6.54 Å². The van der Waals surface area contributed by atoms with Crippen LogP contribution < -0.4 is 5.73 Å². The summed E-state index contributed by atoms with van der Waals surface area (Å²) in [4.78, 5) is 0. The molecule has 0 radical (unpaired) electrons. The van der Waals surface area contributed by atoms with Crippen molar-refractivity contribution in [2.75, 3.05) is 6.54 Å². The van der Waals surface area contributed by atoms with E-state index in [0.29, 0.717) is 6.54 Å². The molecule has 0 bridgehead atoms. The van der Waals surface area contributed by atoms with Crippen molar-refractivity contribution >= 4 is 6.08 Å². The van der Waals surface area contributed by atoms with Crippen LogP contribution in [-0.2, 0) is 0 Å². The van der Waals surface area contributed by atoms with E-state index in [1.54, 1.807) is 0 Å². The molecular formula is C12H17N. The summed E-state index contributed by atoms with van der Waals surface area (Å²) < 4.78 is 0. The molecule has 0 aliphatic rings. The summed E-state index contributed by atoms with van der Waals surface area (Å²) in [6.45, 7) is 6.92. The quantitative estimate of drug-likeness (QED) is 0.734. The van der Waals surface area contributed by atoms with Crippen LogP contribution in [0.15, 0.2) is 23.8 Å². The van der Waals surface area contributed by atoms with Gasteiger partial charge in [0.1, 0.15) is 0 Å². The van der Waals surface area contributed by atoms with Crippen LogP contribution in [0.25, 0.3) is 6.08 Å². The zero-order valence-corrected chi connectivity index (χ0v) is 8.59. The Bertz CT molecular complexity index is 324. The molecule has 2 N–H and O–H groups in total. The summed E-state index contributed by atoms with van der Waals surface area (Å²) in [7, 11) is 0. The molecule has 1 nitrogen and oxygen atoms in total. The van der Waals surface area contributed by atoms with Gasteiger partial charge in [-0.15, -0.1) is 0 Å². The molecular weight excluding hydrogens is 158 g/mol. The highest BCUT2D eigenvalue weighted by molar-refractivity contribution is 5.56. The summed E-state index contributed by atoms with van der Waals surface area (Å²) in [6.07, 6.45) is 2.15. The van der Waals surface area contributed by atoms with Gasteiger partial charge in [0, 0.05) is 6.54 Å². The lowest BCUT2D eigenvalue weighted by atomic mass is 10.0. The van der Waals surface area contributed by atoms with E-state index < -0.39 is 0 Å². The minimum atomic E-state index is 0.632. The molecule has 13 heavy (non-hydrogen) atoms. The van der Waals surface area contributed by atoms with Crippen molar-refractivity contribution < 1.29 is 0 Å². The third kappa shape index (κ3) is 2.71. The van der Waals surface area contributed by atoms with Crippen LogP contribution >= 0.6 is 0 Å². The average Bonchev–Trinajstić information content (AvgIpc) is 2.09. The third-order valence-electron chi connectivity index (χ3n) is 2.15. The molecule has 0 aliphatic carbocycles. The van der Waals surface area contributed by atoms with Gasteiger partial charge < -0.3 is 5.73 Å². The molecule has 0 saturated heterocycles. The lowest BCUT2D eigenvalue weighted by Crippen LogP contribution is -1.99. The highest BCUT2D eigenvalue weighted by Crippen LogP contribution is 2.13. The molecule has 0 atom stereocenters. The zero-order valence-electron chi connectivity index (χ0n) is 8.59. The van der Waals surface area contributed by atoms with Crippen molar-refractivity contribution in [3.05, 3.63) is 40.5 Å². The van der Waals surface area contributed by atoms with Crippen molar-refractivity contribution in [3.8, 4) is 0 Å². The Morgan fingerprint density at radius 1 is 1.38 bits per heavy atom. The molecule has 0 aliphatic heterocycles. The number of benzene rings is 1. The maximum absolute atomic E-state index is 5.53. The molecule has 1 heteroatoms. The lowest BCUT2D eigenvalue weighted by molar-refractivity contribution is 1.15. The van der Waals surface area contributed by atoms with Gasteiger partial charge in [-0.2, -0.15) is 0 Å². The Hall–Kier alpha value is -1.08. The van der Waals surface area contributed by atoms with Gasteiger partial charge in [0.2, 0.25) is 0 Å². The van der Waals surface area contributed by atoms with E-state index >= 15 is 0 Å². The van der Waals surface area contributed by atoms with E-state index in [-0.39, 0.29) is 0 Å². The van der Waals surface area contributed by atoms with Gasteiger partial charge in [-0.1, -0.05) is 35.4 Å². The Labute approximate surface area is 80.3 Å². The van der Waals surface area contributed by atoms with Crippen LogP contribution in [0.1, 0.15) is 23.6 Å². The average molecular weight is 175 g/mol. The highest BCUT2D eigenvalue weighted by Gasteiger charge is 1.95. The van der Waals surface area contributed by atoms with E-state index in [2.05, 4.69) is 45.0 Å². The topological polar surface area (TPSA) is 26.0 Å². The van der Waals surface area contributed by atoms with Crippen molar-refractivity contribution in [2.45, 2.75) is 20.8 Å². The molecule has 0 amide bonds. The van der Waals surface area contributed by atoms with Crippen molar-refractivity contribution in [2.24, 2.45) is 5.73 Å². The maximum Gasteiger partial charge on any atom is 0.0137 e. The fourth-order valence-electron chi connectivity index (χ4n) is 1.31. The Morgan fingerprint density at radius 2 is 2.08 bits per heavy atom. The summed E-state index contributed by atoms with van der Waals surface area (Å²) >= 11 is 0. The van der Waals surface area contributed by atoms with Crippen LogP contribution in [0.4, 0.5) is 0 Å². The second kappa shape index (κ2) is 4.24. The number of rotatable bonds is 2. The van der Waals surface area contributed by atoms with E-state index in [1.165, 1.54) is 22.3 Å². The van der Waals surface area contributed by atoms with Gasteiger partial charge >= 0.3 is 0 Å². The molecule has 0 spiro atoms. The molecule has 0 aromatic heterocycles. The maximum atomic E-state index is 5.53. The Kier molecular flexibility index (Phi) is 3.26. The smallest absolute Gasteiger partial charge is 0.0137 e. The Balaban J connectivity index is 3.03. The fourth-order valence-corrected chi connectivity index (χ4v) is 1.31. The third-order valence-corrected chi connectivity index (χ3v) is 2.15. The predicted molar refractivity (Wildman–Crippen MR) is 58.6 cm³/mol. The van der Waals surface area contributed by atoms with Crippen LogP contribution in [0.5, 0.6) is 0 Å². The molecule has 0 fully saturated rings. The summed E-state index contributed by atoms with van der Waals surface area (Å²) in [5.74, 6) is 0. The molecule has 1 aromatic carbocycles. The number of hydrogen-bond acceptors (Lipinski definition) is 1. The molecule has 1 aromatic rings. The van der Waals surface area contributed by atoms with Gasteiger partial charge in [0.05, 0.1) is 0 Å². The number of aryl methyl sites for hydroxylation is 2. The lowest BCUT2D eigenvalue weighted by Gasteiger charge is -2.03. The van der Waals surface area contributed by atoms with Crippen LogP contribution in [0, 0.1) is 13.8 Å². The van der Waals surface area contributed by atoms with E-state index in [9.17, 15) is 0 Å². The molecule has 0 unspecified atom stereocenters. The monoisotopic (exact) mass is 175 g/mol. The zero-order chi connectivity index (χ0) is 9.84. The second-order valence-electron chi connectivity index (χ2n) is 3.55. The fraction of sp³-hybridized carbons (Fsp3) is 0.333. The van der Waals surface area contributed by atoms with Crippen LogP contribution in [0.2, 0.25) is 0 Å². The molecule has 0 heterocycles. The standard InChI is InChI=1S/C12H17N/c1-9-4-5-12(11(3)6-9)7-10(2)8-13/h4-7H,8,13H2,1-3H3. The summed E-state index contributed by atoms with van der Waals surface area (Å²) in [6, 6.07) is 6.46. The second-order valence-corrected chi connectivity index (χ2v) is 3.55. The van der Waals surface area contributed by atoms with Crippen LogP contribution in [0.3, 0.4) is 0 Å². The van der Waals surface area contributed by atoms with Gasteiger partial charge in [0.15, 0.2) is 0 Å². The summed E-state index contributed by atoms with van der Waals surface area (Å²) in [5, 5.41) is 0. The van der Waals surface area contributed by atoms with Gasteiger partial charge in [-0.25, -0.2) is 0 Å². The van der Waals surface area contributed by atoms with Gasteiger partial charge in [-0.3, -0.25) is 0 Å². The highest BCUT2D eigenvalue weighted by atomic mass is 14.5. The van der Waals surface area contributed by atoms with E-state index in [0.717, 1.165) is 0 Å². The first-order chi connectivity index (χ1) is 6.13. The predicted octanol–water partition coefficient (Wildman–Crippen LogP) is 2.67. The van der Waals surface area contributed by atoms with E-state index in [4.69, 9.17) is 5.73 Å². The van der Waals surface area contributed by atoms with Gasteiger partial charge in [-0.05, 0) is 31.9 Å². The minimum absolute atomic E-state index is 0.632. The normalized spacial score (nSPS) is 11.8. The largest absolute Gasteiger partial charge is 0.327 e. The number of nitrogens with two attached hydrogens (primary N) is 1. The first-order valence-corrected chi connectivity index (χ1v) is 4.58. The SMILES string of the molecule is CC(=Cc1ccc(C)cc1C)CN. The Morgan fingerprint density at radius 3 is 2.62 bits per heavy atom. The van der Waals surface area contributed by atoms with E-state index in [1.807, 2.05) is 0 Å². The molecule has 70 valence electrons. The van der Waals surface area contributed by atoms with Crippen molar-refractivity contribution in [1.82, 2.24) is 0 Å². The van der Waals surface area contributed by atoms with Crippen molar-refractivity contribution in [1.29, 1.82) is 0 Å².